The summed E-state index contributed by atoms with van der Waals surface area (Å²) in [6, 6.07) is 13.4. The number of aromatic nitrogens is 1. The van der Waals surface area contributed by atoms with Crippen LogP contribution in [0.4, 0.5) is 23.7 Å². The third-order valence-electron chi connectivity index (χ3n) is 9.82. The monoisotopic (exact) mass is 851 g/mol. The molecular formula is C39H38Cl2F3N3O9S. The van der Waals surface area contributed by atoms with Crippen molar-refractivity contribution in [1.29, 1.82) is 0 Å². The van der Waals surface area contributed by atoms with Gasteiger partial charge in [-0.3, -0.25) is 15.0 Å². The molecule has 3 aliphatic heterocycles. The number of anilines is 1. The summed E-state index contributed by atoms with van der Waals surface area (Å²) in [6.07, 6.45) is 4.11. The summed E-state index contributed by atoms with van der Waals surface area (Å²) in [6.45, 7) is -0.808. The molecule has 1 amide bonds. The molecule has 2 bridgehead atoms. The number of rotatable bonds is 14. The highest BCUT2D eigenvalue weighted by molar-refractivity contribution is 7.14. The van der Waals surface area contributed by atoms with Crippen molar-refractivity contribution >= 4 is 58.8 Å². The number of carbonyl (C=O) groups excluding carboxylic acids is 3. The van der Waals surface area contributed by atoms with Gasteiger partial charge in [-0.2, -0.15) is 8.78 Å². The van der Waals surface area contributed by atoms with E-state index in [0.717, 1.165) is 50.1 Å². The third-order valence-corrected chi connectivity index (χ3v) is 11.5. The van der Waals surface area contributed by atoms with Gasteiger partial charge >= 0.3 is 18.7 Å². The van der Waals surface area contributed by atoms with Gasteiger partial charge in [-0.15, -0.1) is 11.3 Å². The number of carboxylic acid groups (broad SMARTS) is 1. The maximum Gasteiger partial charge on any atom is 0.415 e. The molecule has 0 radical (unpaired) electrons. The third kappa shape index (κ3) is 11.0. The minimum atomic E-state index is -3.09. The Morgan fingerprint density at radius 2 is 1.74 bits per heavy atom. The van der Waals surface area contributed by atoms with Gasteiger partial charge < -0.3 is 28.8 Å². The summed E-state index contributed by atoms with van der Waals surface area (Å²) in [7, 11) is 0. The lowest BCUT2D eigenvalue weighted by Gasteiger charge is -2.44. The molecule has 12 nitrogen and oxygen atoms in total. The molecule has 18 heteroatoms. The van der Waals surface area contributed by atoms with E-state index < -0.39 is 37.1 Å². The molecule has 0 unspecified atom stereocenters. The Morgan fingerprint density at radius 3 is 2.37 bits per heavy atom. The smallest absolute Gasteiger partial charge is 0.415 e. The molecule has 4 aromatic rings. The van der Waals surface area contributed by atoms with Crippen LogP contribution < -0.4 is 24.2 Å². The van der Waals surface area contributed by atoms with Gasteiger partial charge in [0, 0.05) is 34.6 Å². The summed E-state index contributed by atoms with van der Waals surface area (Å²) < 4.78 is 64.9. The largest absolute Gasteiger partial charge is 0.554 e. The Balaban J connectivity index is 0.00000177. The summed E-state index contributed by atoms with van der Waals surface area (Å²) in [5, 5.41) is 18.3. The average Bonchev–Trinajstić information content (AvgIpc) is 3.89. The second kappa shape index (κ2) is 19.1. The van der Waals surface area contributed by atoms with E-state index in [-0.39, 0.29) is 57.1 Å². The maximum absolute atomic E-state index is 15.1. The number of fused-ring (bicyclic) bond motifs is 3. The first-order valence-corrected chi connectivity index (χ1v) is 19.6. The van der Waals surface area contributed by atoms with E-state index in [1.54, 1.807) is 18.2 Å². The molecule has 2 aromatic carbocycles. The highest BCUT2D eigenvalue weighted by atomic mass is 35.5. The number of halogens is 5. The quantitative estimate of drug-likeness (QED) is 0.0620. The number of ether oxygens (including phenoxy) is 4. The van der Waals surface area contributed by atoms with Crippen molar-refractivity contribution in [2.24, 2.45) is 11.8 Å². The normalized spacial score (nSPS) is 18.9. The number of esters is 1. The van der Waals surface area contributed by atoms with Crippen molar-refractivity contribution in [1.82, 2.24) is 4.90 Å². The van der Waals surface area contributed by atoms with Crippen LogP contribution in [0.2, 0.25) is 10.0 Å². The Labute approximate surface area is 339 Å². The van der Waals surface area contributed by atoms with Crippen LogP contribution in [0, 0.1) is 17.7 Å². The predicted molar refractivity (Wildman–Crippen MR) is 199 cm³/mol. The molecule has 304 valence electrons. The van der Waals surface area contributed by atoms with E-state index in [9.17, 15) is 23.6 Å². The van der Waals surface area contributed by atoms with Gasteiger partial charge in [0.1, 0.15) is 32.9 Å². The second-order valence-electron chi connectivity index (χ2n) is 13.7. The SMILES string of the molecule is O=C(O[C@@H](Cc1c(Cl)c[n+](O)cc1Cl)c1ccc(OC(F)F)c(OCC2CC2)c1)c1ccc(CN(C(=O)O[C@H]2CN3CCC2CC3)c2ccccc2F)s1.O=C[O-]. The molecule has 1 N–H and O–H groups in total. The van der Waals surface area contributed by atoms with Gasteiger partial charge in [-0.1, -0.05) is 41.4 Å². The van der Waals surface area contributed by atoms with Crippen LogP contribution in [-0.2, 0) is 27.2 Å². The molecule has 4 aliphatic rings. The number of carbonyl (C=O) groups is 3. The average molecular weight is 853 g/mol. The minimum Gasteiger partial charge on any atom is -0.554 e. The van der Waals surface area contributed by atoms with Crippen LogP contribution in [0.15, 0.2) is 67.0 Å². The molecule has 1 saturated carbocycles. The molecule has 3 saturated heterocycles. The van der Waals surface area contributed by atoms with Crippen molar-refractivity contribution in [3.05, 3.63) is 104 Å². The van der Waals surface area contributed by atoms with E-state index in [2.05, 4.69) is 4.90 Å². The number of nitrogens with zero attached hydrogens (tertiary/aromatic N) is 3. The number of amides is 1. The van der Waals surface area contributed by atoms with Crippen LogP contribution in [0.1, 0.15) is 57.5 Å². The lowest BCUT2D eigenvalue weighted by molar-refractivity contribution is -0.904. The van der Waals surface area contributed by atoms with Crippen molar-refractivity contribution < 1.29 is 61.5 Å². The first kappa shape index (κ1) is 41.9. The first-order chi connectivity index (χ1) is 27.4. The highest BCUT2D eigenvalue weighted by Gasteiger charge is 2.38. The zero-order valence-corrected chi connectivity index (χ0v) is 32.6. The van der Waals surface area contributed by atoms with E-state index in [0.29, 0.717) is 39.8 Å². The topological polar surface area (TPSA) is 142 Å². The van der Waals surface area contributed by atoms with Crippen molar-refractivity contribution in [3.8, 4) is 11.5 Å². The molecule has 1 aliphatic carbocycles. The van der Waals surface area contributed by atoms with Crippen LogP contribution in [0.25, 0.3) is 0 Å². The summed E-state index contributed by atoms with van der Waals surface area (Å²) >= 11 is 13.9. The van der Waals surface area contributed by atoms with Crippen LogP contribution in [0.3, 0.4) is 0 Å². The van der Waals surface area contributed by atoms with E-state index >= 15 is 4.39 Å². The van der Waals surface area contributed by atoms with Crippen molar-refractivity contribution in [3.63, 3.8) is 0 Å². The number of pyridine rings is 1. The van der Waals surface area contributed by atoms with Gasteiger partial charge in [0.2, 0.25) is 12.4 Å². The van der Waals surface area contributed by atoms with E-state index in [1.165, 1.54) is 53.7 Å². The Bertz CT molecular complexity index is 2030. The number of alkyl halides is 2. The fourth-order valence-corrected chi connectivity index (χ4v) is 8.23. The van der Waals surface area contributed by atoms with E-state index in [1.807, 2.05) is 0 Å². The van der Waals surface area contributed by atoms with Crippen LogP contribution >= 0.6 is 34.5 Å². The number of piperidine rings is 3. The van der Waals surface area contributed by atoms with Crippen molar-refractivity contribution in [2.75, 3.05) is 31.1 Å². The molecule has 2 atom stereocenters. The van der Waals surface area contributed by atoms with Crippen LogP contribution in [0.5, 0.6) is 11.5 Å². The number of para-hydroxylation sites is 1. The minimum absolute atomic E-state index is 0.0427. The lowest BCUT2D eigenvalue weighted by atomic mass is 9.86. The standard InChI is InChI=1S/C38H37Cl2F3N3O7S.CH2O2/c39-27-18-45(49)19-28(40)26(27)16-32(24-7-9-31(52-37(42)43)33(15-24)50-21-22-5-6-22)51-36(47)35-10-8-25(54-35)17-46(30-4-2-1-3-29(30)41)38(48)53-34-20-44-13-11-23(34)12-14-44;2-1-3/h1-4,7-10,15,18-19,22-23,32,34,37,49H,5-6,11-14,16-17,20-21H2;1H,(H,2,3)/q+1;/p-1/t32-,34-;/m0./s1. The molecular weight excluding hydrogens is 814 g/mol. The number of benzene rings is 2. The fourth-order valence-electron chi connectivity index (χ4n) is 6.74. The van der Waals surface area contributed by atoms with Gasteiger partial charge in [-0.05, 0) is 92.6 Å². The lowest BCUT2D eigenvalue weighted by Crippen LogP contribution is -2.53. The molecule has 4 fully saturated rings. The number of hydrogen-bond donors (Lipinski definition) is 1. The molecule has 0 spiro atoms. The first-order valence-electron chi connectivity index (χ1n) is 18.0. The summed E-state index contributed by atoms with van der Waals surface area (Å²) in [5.74, 6) is -0.910. The Hall–Kier alpha value is -4.77. The number of hydrogen-bond acceptors (Lipinski definition) is 11. The predicted octanol–water partition coefficient (Wildman–Crippen LogP) is 6.85. The Kier molecular flexibility index (Phi) is 14.0. The zero-order chi connectivity index (χ0) is 40.6. The summed E-state index contributed by atoms with van der Waals surface area (Å²) in [4.78, 5) is 39.9. The maximum atomic E-state index is 15.1. The summed E-state index contributed by atoms with van der Waals surface area (Å²) in [5.41, 5.74) is 0.770. The molecule has 5 heterocycles. The van der Waals surface area contributed by atoms with E-state index in [4.69, 9.17) is 52.1 Å². The van der Waals surface area contributed by atoms with Gasteiger partial charge in [-0.25, -0.2) is 14.0 Å². The molecule has 8 rings (SSSR count). The van der Waals surface area contributed by atoms with Crippen LogP contribution in [-0.4, -0.2) is 67.6 Å². The fraction of sp³-hybridized carbons (Fsp3) is 0.385. The Morgan fingerprint density at radius 1 is 1.04 bits per heavy atom. The van der Waals surface area contributed by atoms with Gasteiger partial charge in [0.25, 0.3) is 0 Å². The van der Waals surface area contributed by atoms with Gasteiger partial charge in [0.05, 0.1) is 18.8 Å². The second-order valence-corrected chi connectivity index (χ2v) is 15.7. The van der Waals surface area contributed by atoms with Crippen molar-refractivity contribution in [2.45, 2.75) is 57.5 Å². The number of thiophene rings is 1. The van der Waals surface area contributed by atoms with Gasteiger partial charge in [0.15, 0.2) is 11.5 Å². The molecule has 57 heavy (non-hydrogen) atoms. The zero-order valence-electron chi connectivity index (χ0n) is 30.2. The molecule has 2 aromatic heterocycles. The highest BCUT2D eigenvalue weighted by Crippen LogP contribution is 2.39.